The Morgan fingerprint density at radius 3 is 2.41 bits per heavy atom. The summed E-state index contributed by atoms with van der Waals surface area (Å²) in [6.07, 6.45) is 2.46. The molecule has 2 aromatic rings. The van der Waals surface area contributed by atoms with Gasteiger partial charge in [-0.05, 0) is 61.8 Å². The molecule has 5 rings (SSSR count). The first kappa shape index (κ1) is 18.8. The number of benzene rings is 2. The molecule has 0 N–H and O–H groups in total. The molecule has 5 nitrogen and oxygen atoms in total. The minimum absolute atomic E-state index is 0.461. The number of rotatable bonds is 4. The second-order valence-electron chi connectivity index (χ2n) is 8.49. The number of hydrogen-bond acceptors (Lipinski definition) is 5. The van der Waals surface area contributed by atoms with Crippen LogP contribution in [0.25, 0.3) is 0 Å². The smallest absolute Gasteiger partial charge is 0.161 e. The van der Waals surface area contributed by atoms with E-state index in [2.05, 4.69) is 64.2 Å². The van der Waals surface area contributed by atoms with Crippen LogP contribution < -0.4 is 14.4 Å². The van der Waals surface area contributed by atoms with Crippen molar-refractivity contribution in [3.63, 3.8) is 0 Å². The molecule has 3 aliphatic rings. The lowest BCUT2D eigenvalue weighted by atomic mass is 10.0. The van der Waals surface area contributed by atoms with Crippen LogP contribution in [0.3, 0.4) is 0 Å². The maximum Gasteiger partial charge on any atom is 0.161 e. The summed E-state index contributed by atoms with van der Waals surface area (Å²) >= 11 is 0. The van der Waals surface area contributed by atoms with Crippen LogP contribution in [0.15, 0.2) is 42.5 Å². The van der Waals surface area contributed by atoms with Gasteiger partial charge in [0.15, 0.2) is 11.5 Å². The van der Waals surface area contributed by atoms with Crippen LogP contribution in [0.1, 0.15) is 30.0 Å². The van der Waals surface area contributed by atoms with Gasteiger partial charge in [-0.15, -0.1) is 0 Å². The van der Waals surface area contributed by atoms with E-state index in [4.69, 9.17) is 9.47 Å². The van der Waals surface area contributed by atoms with Crippen molar-refractivity contribution < 1.29 is 9.47 Å². The Morgan fingerprint density at radius 2 is 1.62 bits per heavy atom. The normalized spacial score (nSPS) is 22.8. The molecule has 1 unspecified atom stereocenters. The number of nitrogens with zero attached hydrogens (tertiary/aromatic N) is 3. The number of fused-ring (bicyclic) bond motifs is 1. The van der Waals surface area contributed by atoms with Crippen LogP contribution in [0.2, 0.25) is 0 Å². The molecular weight excluding hydrogens is 362 g/mol. The van der Waals surface area contributed by atoms with E-state index in [9.17, 15) is 0 Å². The molecule has 0 aliphatic carbocycles. The lowest BCUT2D eigenvalue weighted by Crippen LogP contribution is -2.44. The predicted molar refractivity (Wildman–Crippen MR) is 116 cm³/mol. The van der Waals surface area contributed by atoms with Crippen LogP contribution in [0.5, 0.6) is 11.5 Å². The lowest BCUT2D eigenvalue weighted by Gasteiger charge is -2.34. The minimum Gasteiger partial charge on any atom is -0.486 e. The Bertz CT molecular complexity index is 831. The van der Waals surface area contributed by atoms with E-state index in [1.165, 1.54) is 29.7 Å². The average Bonchev–Trinajstić information content (AvgIpc) is 3.23. The van der Waals surface area contributed by atoms with Gasteiger partial charge in [-0.2, -0.15) is 0 Å². The largest absolute Gasteiger partial charge is 0.486 e. The molecule has 2 saturated heterocycles. The highest BCUT2D eigenvalue weighted by molar-refractivity contribution is 5.48. The number of piperazine rings is 1. The summed E-state index contributed by atoms with van der Waals surface area (Å²) in [6.45, 7) is 7.97. The van der Waals surface area contributed by atoms with Gasteiger partial charge < -0.3 is 19.3 Å². The van der Waals surface area contributed by atoms with Crippen molar-refractivity contribution in [3.8, 4) is 11.5 Å². The highest BCUT2D eigenvalue weighted by Gasteiger charge is 2.27. The first-order valence-corrected chi connectivity index (χ1v) is 10.9. The molecular formula is C24H31N3O2. The van der Waals surface area contributed by atoms with Crippen LogP contribution in [0.4, 0.5) is 5.69 Å². The first-order chi connectivity index (χ1) is 14.3. The fourth-order valence-corrected chi connectivity index (χ4v) is 4.77. The second kappa shape index (κ2) is 8.25. The SMILES string of the molecule is CN1CCN(c2ccc(CN3CCCC3c3ccc4c(c3)OCCO4)cc2)CC1. The summed E-state index contributed by atoms with van der Waals surface area (Å²) in [4.78, 5) is 7.50. The van der Waals surface area contributed by atoms with E-state index in [1.807, 2.05) is 0 Å². The van der Waals surface area contributed by atoms with E-state index in [-0.39, 0.29) is 0 Å². The average molecular weight is 394 g/mol. The Kier molecular flexibility index (Phi) is 5.34. The van der Waals surface area contributed by atoms with Gasteiger partial charge in [0, 0.05) is 44.5 Å². The van der Waals surface area contributed by atoms with Gasteiger partial charge in [0.25, 0.3) is 0 Å². The van der Waals surface area contributed by atoms with Gasteiger partial charge in [-0.3, -0.25) is 4.90 Å². The maximum atomic E-state index is 5.80. The third-order valence-corrected chi connectivity index (χ3v) is 6.51. The molecule has 1 atom stereocenters. The zero-order chi connectivity index (χ0) is 19.6. The molecule has 29 heavy (non-hydrogen) atoms. The van der Waals surface area contributed by atoms with Crippen LogP contribution in [-0.2, 0) is 6.54 Å². The van der Waals surface area contributed by atoms with Crippen LogP contribution in [0, 0.1) is 0 Å². The Balaban J connectivity index is 1.26. The van der Waals surface area contributed by atoms with E-state index in [0.29, 0.717) is 19.3 Å². The van der Waals surface area contributed by atoms with Crippen molar-refractivity contribution in [2.45, 2.75) is 25.4 Å². The Morgan fingerprint density at radius 1 is 0.862 bits per heavy atom. The van der Waals surface area contributed by atoms with E-state index < -0.39 is 0 Å². The third kappa shape index (κ3) is 4.07. The summed E-state index contributed by atoms with van der Waals surface area (Å²) in [6, 6.07) is 16.2. The quantitative estimate of drug-likeness (QED) is 0.792. The Labute approximate surface area is 173 Å². The summed E-state index contributed by atoms with van der Waals surface area (Å²) in [5.74, 6) is 1.78. The molecule has 0 amide bonds. The maximum absolute atomic E-state index is 5.80. The molecule has 0 spiro atoms. The number of anilines is 1. The molecule has 0 saturated carbocycles. The number of ether oxygens (including phenoxy) is 2. The van der Waals surface area contributed by atoms with Crippen molar-refractivity contribution in [2.75, 3.05) is 57.9 Å². The molecule has 0 aromatic heterocycles. The molecule has 5 heteroatoms. The summed E-state index contributed by atoms with van der Waals surface area (Å²) in [5, 5.41) is 0. The zero-order valence-electron chi connectivity index (χ0n) is 17.3. The topological polar surface area (TPSA) is 28.2 Å². The standard InChI is InChI=1S/C24H31N3O2/c1-25-11-13-26(14-12-25)21-7-4-19(5-8-21)18-27-10-2-3-22(27)20-6-9-23-24(17-20)29-16-15-28-23/h4-9,17,22H,2-3,10-16,18H2,1H3. The predicted octanol–water partition coefficient (Wildman–Crippen LogP) is 3.55. The number of likely N-dealkylation sites (tertiary alicyclic amines) is 1. The molecule has 3 heterocycles. The van der Waals surface area contributed by atoms with Gasteiger partial charge in [-0.25, -0.2) is 0 Å². The van der Waals surface area contributed by atoms with E-state index >= 15 is 0 Å². The molecule has 2 fully saturated rings. The Hall–Kier alpha value is -2.24. The highest BCUT2D eigenvalue weighted by Crippen LogP contribution is 2.38. The van der Waals surface area contributed by atoms with Crippen molar-refractivity contribution in [3.05, 3.63) is 53.6 Å². The fraction of sp³-hybridized carbons (Fsp3) is 0.500. The number of likely N-dealkylation sites (N-methyl/N-ethyl adjacent to an activating group) is 1. The third-order valence-electron chi connectivity index (χ3n) is 6.51. The van der Waals surface area contributed by atoms with E-state index in [0.717, 1.165) is 50.8 Å². The zero-order valence-corrected chi connectivity index (χ0v) is 17.3. The highest BCUT2D eigenvalue weighted by atomic mass is 16.6. The molecule has 3 aliphatic heterocycles. The lowest BCUT2D eigenvalue weighted by molar-refractivity contribution is 0.170. The van der Waals surface area contributed by atoms with Gasteiger partial charge in [0.05, 0.1) is 0 Å². The van der Waals surface area contributed by atoms with Gasteiger partial charge in [0.1, 0.15) is 13.2 Å². The monoisotopic (exact) mass is 393 g/mol. The van der Waals surface area contributed by atoms with Crippen LogP contribution >= 0.6 is 0 Å². The summed E-state index contributed by atoms with van der Waals surface area (Å²) in [7, 11) is 2.20. The van der Waals surface area contributed by atoms with Crippen molar-refractivity contribution in [1.82, 2.24) is 9.80 Å². The van der Waals surface area contributed by atoms with Crippen molar-refractivity contribution >= 4 is 5.69 Å². The summed E-state index contributed by atoms with van der Waals surface area (Å²) in [5.41, 5.74) is 4.10. The van der Waals surface area contributed by atoms with Gasteiger partial charge >= 0.3 is 0 Å². The second-order valence-corrected chi connectivity index (χ2v) is 8.49. The molecule has 0 radical (unpaired) electrons. The number of hydrogen-bond donors (Lipinski definition) is 0. The fourth-order valence-electron chi connectivity index (χ4n) is 4.77. The minimum atomic E-state index is 0.461. The van der Waals surface area contributed by atoms with Crippen molar-refractivity contribution in [2.24, 2.45) is 0 Å². The van der Waals surface area contributed by atoms with Crippen LogP contribution in [-0.4, -0.2) is 62.8 Å². The molecule has 154 valence electrons. The van der Waals surface area contributed by atoms with Gasteiger partial charge in [-0.1, -0.05) is 18.2 Å². The first-order valence-electron chi connectivity index (χ1n) is 10.9. The molecule has 0 bridgehead atoms. The van der Waals surface area contributed by atoms with Gasteiger partial charge in [0.2, 0.25) is 0 Å². The van der Waals surface area contributed by atoms with Crippen molar-refractivity contribution in [1.29, 1.82) is 0 Å². The summed E-state index contributed by atoms with van der Waals surface area (Å²) < 4.78 is 11.5. The molecule has 2 aromatic carbocycles. The van der Waals surface area contributed by atoms with E-state index in [1.54, 1.807) is 0 Å².